The van der Waals surface area contributed by atoms with Crippen LogP contribution in [0.1, 0.15) is 10.4 Å². The lowest BCUT2D eigenvalue weighted by atomic mass is 10.1. The van der Waals surface area contributed by atoms with Crippen molar-refractivity contribution in [2.24, 2.45) is 0 Å². The molecule has 0 bridgehead atoms. The molecule has 3 rings (SSSR count). The highest BCUT2D eigenvalue weighted by Crippen LogP contribution is 2.22. The van der Waals surface area contributed by atoms with Crippen molar-refractivity contribution in [3.63, 3.8) is 0 Å². The zero-order valence-electron chi connectivity index (χ0n) is 13.6. The average molecular weight is 398 g/mol. The van der Waals surface area contributed by atoms with Crippen LogP contribution in [-0.4, -0.2) is 35.3 Å². The normalized spacial score (nSPS) is 10.5. The summed E-state index contributed by atoms with van der Waals surface area (Å²) in [6, 6.07) is 15.2. The molecule has 0 atom stereocenters. The third kappa shape index (κ3) is 4.03. The molecule has 3 aromatic rings. The minimum atomic E-state index is -0.262. The van der Waals surface area contributed by atoms with Crippen LogP contribution in [0.2, 0.25) is 0 Å². The Morgan fingerprint density at radius 1 is 1.12 bits per heavy atom. The maximum absolute atomic E-state index is 12.4. The first-order valence-electron chi connectivity index (χ1n) is 7.68. The number of likely N-dealkylation sites (N-methyl/N-ethyl adjacent to an activating group) is 1. The number of aromatic nitrogens is 1. The van der Waals surface area contributed by atoms with Crippen LogP contribution in [0.3, 0.4) is 0 Å². The van der Waals surface area contributed by atoms with E-state index < -0.39 is 0 Å². The van der Waals surface area contributed by atoms with E-state index in [4.69, 9.17) is 0 Å². The molecule has 0 fully saturated rings. The molecule has 0 aliphatic carbocycles. The molecule has 2 amide bonds. The zero-order chi connectivity index (χ0) is 17.8. The summed E-state index contributed by atoms with van der Waals surface area (Å²) in [5, 5.41) is 4.88. The lowest BCUT2D eigenvalue weighted by molar-refractivity contribution is -0.116. The molecular weight excluding hydrogens is 382 g/mol. The summed E-state index contributed by atoms with van der Waals surface area (Å²) in [7, 11) is 1.59. The van der Waals surface area contributed by atoms with Crippen LogP contribution in [0.25, 0.3) is 10.8 Å². The summed E-state index contributed by atoms with van der Waals surface area (Å²) in [6.07, 6.45) is 3.08. The van der Waals surface area contributed by atoms with Crippen LogP contribution in [0.4, 0.5) is 5.69 Å². The minimum absolute atomic E-state index is 0.0471. The maximum Gasteiger partial charge on any atom is 0.255 e. The minimum Gasteiger partial charge on any atom is -0.332 e. The van der Waals surface area contributed by atoms with Crippen LogP contribution in [-0.2, 0) is 4.79 Å². The van der Waals surface area contributed by atoms with Crippen LogP contribution in [0.5, 0.6) is 0 Å². The van der Waals surface area contributed by atoms with Gasteiger partial charge in [0.1, 0.15) is 0 Å². The molecule has 126 valence electrons. The summed E-state index contributed by atoms with van der Waals surface area (Å²) in [4.78, 5) is 30.1. The second kappa shape index (κ2) is 7.44. The third-order valence-electron chi connectivity index (χ3n) is 3.74. The van der Waals surface area contributed by atoms with Gasteiger partial charge in [0.2, 0.25) is 5.91 Å². The second-order valence-electron chi connectivity index (χ2n) is 5.63. The highest BCUT2D eigenvalue weighted by atomic mass is 79.9. The molecule has 1 aromatic heterocycles. The maximum atomic E-state index is 12.4. The molecule has 0 aliphatic heterocycles. The van der Waals surface area contributed by atoms with Gasteiger partial charge in [0.05, 0.1) is 12.1 Å². The van der Waals surface area contributed by atoms with Crippen molar-refractivity contribution >= 4 is 44.2 Å². The highest BCUT2D eigenvalue weighted by molar-refractivity contribution is 9.10. The smallest absolute Gasteiger partial charge is 0.255 e. The Morgan fingerprint density at radius 2 is 1.88 bits per heavy atom. The summed E-state index contributed by atoms with van der Waals surface area (Å²) in [5.74, 6) is -0.517. The van der Waals surface area contributed by atoms with Crippen LogP contribution < -0.4 is 5.32 Å². The predicted molar refractivity (Wildman–Crippen MR) is 101 cm³/mol. The Hall–Kier alpha value is -2.73. The Morgan fingerprint density at radius 3 is 2.68 bits per heavy atom. The van der Waals surface area contributed by atoms with E-state index >= 15 is 0 Å². The van der Waals surface area contributed by atoms with Gasteiger partial charge in [-0.2, -0.15) is 0 Å². The molecule has 6 heteroatoms. The van der Waals surface area contributed by atoms with Crippen LogP contribution in [0.15, 0.2) is 65.4 Å². The number of halogens is 1. The fourth-order valence-corrected chi connectivity index (χ4v) is 2.93. The number of hydrogen-bond acceptors (Lipinski definition) is 3. The third-order valence-corrected chi connectivity index (χ3v) is 4.18. The van der Waals surface area contributed by atoms with Gasteiger partial charge in [0.25, 0.3) is 5.91 Å². The standard InChI is InChI=1S/C19H16BrN3O2/c1-23(19(25)14-9-15(20)11-21-10-14)12-18(24)22-17-8-4-6-13-5-2-3-7-16(13)17/h2-11H,12H2,1H3,(H,22,24). The summed E-state index contributed by atoms with van der Waals surface area (Å²) >= 11 is 3.29. The van der Waals surface area contributed by atoms with Crippen LogP contribution in [0, 0.1) is 0 Å². The molecule has 1 heterocycles. The first-order chi connectivity index (χ1) is 12.0. The van der Waals surface area contributed by atoms with E-state index in [0.717, 1.165) is 16.5 Å². The van der Waals surface area contributed by atoms with Crippen molar-refractivity contribution < 1.29 is 9.59 Å². The fraction of sp³-hybridized carbons (Fsp3) is 0.105. The average Bonchev–Trinajstić information content (AvgIpc) is 2.61. The fourth-order valence-electron chi connectivity index (χ4n) is 2.56. The first kappa shape index (κ1) is 17.1. The van der Waals surface area contributed by atoms with Crippen molar-refractivity contribution in [2.45, 2.75) is 0 Å². The van der Waals surface area contributed by atoms with Gasteiger partial charge in [0.15, 0.2) is 0 Å². The predicted octanol–water partition coefficient (Wildman–Crippen LogP) is 3.71. The molecule has 1 N–H and O–H groups in total. The number of pyridine rings is 1. The van der Waals surface area contributed by atoms with Gasteiger partial charge in [-0.1, -0.05) is 36.4 Å². The van der Waals surface area contributed by atoms with Gasteiger partial charge in [-0.25, -0.2) is 0 Å². The van der Waals surface area contributed by atoms with E-state index in [1.165, 1.54) is 11.1 Å². The number of hydrogen-bond donors (Lipinski definition) is 1. The summed E-state index contributed by atoms with van der Waals surface area (Å²) < 4.78 is 0.715. The van der Waals surface area contributed by atoms with Gasteiger partial charge < -0.3 is 10.2 Å². The van der Waals surface area contributed by atoms with Crippen molar-refractivity contribution in [1.82, 2.24) is 9.88 Å². The molecule has 0 saturated heterocycles. The van der Waals surface area contributed by atoms with Crippen molar-refractivity contribution in [1.29, 1.82) is 0 Å². The zero-order valence-corrected chi connectivity index (χ0v) is 15.2. The van der Waals surface area contributed by atoms with Crippen molar-refractivity contribution in [2.75, 3.05) is 18.9 Å². The lowest BCUT2D eigenvalue weighted by Gasteiger charge is -2.17. The topological polar surface area (TPSA) is 62.3 Å². The molecule has 0 saturated carbocycles. The van der Waals surface area contributed by atoms with Gasteiger partial charge in [-0.3, -0.25) is 14.6 Å². The number of anilines is 1. The van der Waals surface area contributed by atoms with E-state index in [9.17, 15) is 9.59 Å². The number of nitrogens with one attached hydrogen (secondary N) is 1. The van der Waals surface area contributed by atoms with E-state index in [1.807, 2.05) is 42.5 Å². The monoisotopic (exact) mass is 397 g/mol. The number of carbonyl (C=O) groups excluding carboxylic acids is 2. The SMILES string of the molecule is CN(CC(=O)Nc1cccc2ccccc12)C(=O)c1cncc(Br)c1. The Balaban J connectivity index is 1.70. The van der Waals surface area contributed by atoms with Gasteiger partial charge >= 0.3 is 0 Å². The molecule has 25 heavy (non-hydrogen) atoms. The largest absolute Gasteiger partial charge is 0.332 e. The Labute approximate surface area is 153 Å². The van der Waals surface area contributed by atoms with Crippen molar-refractivity contribution in [3.05, 3.63) is 71.0 Å². The lowest BCUT2D eigenvalue weighted by Crippen LogP contribution is -2.35. The quantitative estimate of drug-likeness (QED) is 0.729. The second-order valence-corrected chi connectivity index (χ2v) is 6.54. The van der Waals surface area contributed by atoms with Crippen LogP contribution >= 0.6 is 15.9 Å². The molecule has 2 aromatic carbocycles. The molecule has 0 spiro atoms. The number of nitrogens with zero attached hydrogens (tertiary/aromatic N) is 2. The summed E-state index contributed by atoms with van der Waals surface area (Å²) in [5.41, 5.74) is 1.16. The highest BCUT2D eigenvalue weighted by Gasteiger charge is 2.16. The number of fused-ring (bicyclic) bond motifs is 1. The molecule has 5 nitrogen and oxygen atoms in total. The first-order valence-corrected chi connectivity index (χ1v) is 8.47. The molecule has 0 radical (unpaired) electrons. The van der Waals surface area contributed by atoms with Gasteiger partial charge in [0, 0.05) is 35.0 Å². The molecule has 0 unspecified atom stereocenters. The number of rotatable bonds is 4. The number of carbonyl (C=O) groups is 2. The number of benzene rings is 2. The number of amides is 2. The molecule has 0 aliphatic rings. The van der Waals surface area contributed by atoms with E-state index in [2.05, 4.69) is 26.2 Å². The molecular formula is C19H16BrN3O2. The van der Waals surface area contributed by atoms with Gasteiger partial charge in [-0.15, -0.1) is 0 Å². The van der Waals surface area contributed by atoms with E-state index in [0.29, 0.717) is 10.0 Å². The Kier molecular flexibility index (Phi) is 5.09. The van der Waals surface area contributed by atoms with Gasteiger partial charge in [-0.05, 0) is 33.4 Å². The summed E-state index contributed by atoms with van der Waals surface area (Å²) in [6.45, 7) is -0.0471. The van der Waals surface area contributed by atoms with E-state index in [-0.39, 0.29) is 18.4 Å². The Bertz CT molecular complexity index is 937. The van der Waals surface area contributed by atoms with E-state index in [1.54, 1.807) is 19.3 Å². The van der Waals surface area contributed by atoms with Crippen molar-refractivity contribution in [3.8, 4) is 0 Å².